The van der Waals surface area contributed by atoms with Crippen molar-refractivity contribution in [1.29, 1.82) is 0 Å². The van der Waals surface area contributed by atoms with Crippen LogP contribution in [0.15, 0.2) is 4.99 Å². The van der Waals surface area contributed by atoms with E-state index in [1.165, 1.54) is 12.0 Å². The summed E-state index contributed by atoms with van der Waals surface area (Å²) in [5.41, 5.74) is -0.792. The Bertz CT molecular complexity index is 450. The van der Waals surface area contributed by atoms with Gasteiger partial charge in [0.25, 0.3) is 5.91 Å². The maximum Gasteiger partial charge on any atom is 0.431 e. The normalized spacial score (nSPS) is 19.9. The van der Waals surface area contributed by atoms with Crippen molar-refractivity contribution < 1.29 is 24.2 Å². The number of methoxy groups -OCH3 is 1. The molecule has 112 valence electrons. The van der Waals surface area contributed by atoms with E-state index in [2.05, 4.69) is 9.73 Å². The van der Waals surface area contributed by atoms with Gasteiger partial charge < -0.3 is 14.7 Å². The molecule has 0 saturated carbocycles. The molecule has 1 heterocycles. The molecule has 0 radical (unpaired) electrons. The fourth-order valence-electron chi connectivity index (χ4n) is 2.16. The van der Waals surface area contributed by atoms with Gasteiger partial charge in [0.2, 0.25) is 0 Å². The molecule has 0 bridgehead atoms. The maximum absolute atomic E-state index is 12.5. The number of esters is 1. The largest absolute Gasteiger partial charge is 0.467 e. The Hall–Kier alpha value is -1.92. The highest BCUT2D eigenvalue weighted by Crippen LogP contribution is 2.24. The van der Waals surface area contributed by atoms with Crippen molar-refractivity contribution >= 4 is 23.7 Å². The third-order valence-electron chi connectivity index (χ3n) is 3.11. The fraction of sp³-hybridized carbons (Fsp3) is 0.692. The second-order valence-corrected chi connectivity index (χ2v) is 5.67. The minimum absolute atomic E-state index is 0.0687. The summed E-state index contributed by atoms with van der Waals surface area (Å²) in [5.74, 6) is -1.01. The first kappa shape index (κ1) is 16.1. The molecule has 0 aromatic carbocycles. The van der Waals surface area contributed by atoms with Crippen LogP contribution in [0.4, 0.5) is 4.79 Å². The lowest BCUT2D eigenvalue weighted by Gasteiger charge is -2.27. The molecule has 1 fully saturated rings. The molecule has 20 heavy (non-hydrogen) atoms. The number of nitrogens with zero attached hydrogens (tertiary/aromatic N) is 2. The van der Waals surface area contributed by atoms with Gasteiger partial charge in [0.05, 0.1) is 7.11 Å². The topological polar surface area (TPSA) is 96.3 Å². The molecule has 1 aliphatic rings. The smallest absolute Gasteiger partial charge is 0.431 e. The molecular weight excluding hydrogens is 264 g/mol. The summed E-state index contributed by atoms with van der Waals surface area (Å²) in [4.78, 5) is 39.7. The van der Waals surface area contributed by atoms with Crippen molar-refractivity contribution in [3.63, 3.8) is 0 Å². The van der Waals surface area contributed by atoms with Crippen molar-refractivity contribution in [3.8, 4) is 0 Å². The van der Waals surface area contributed by atoms with Crippen LogP contribution in [0.5, 0.6) is 0 Å². The van der Waals surface area contributed by atoms with Crippen LogP contribution in [0.25, 0.3) is 0 Å². The number of carboxylic acid groups (broad SMARTS) is 1. The number of ether oxygens (including phenoxy) is 1. The third-order valence-corrected chi connectivity index (χ3v) is 3.11. The van der Waals surface area contributed by atoms with Gasteiger partial charge in [-0.2, -0.15) is 4.99 Å². The van der Waals surface area contributed by atoms with E-state index in [4.69, 9.17) is 5.11 Å². The zero-order valence-corrected chi connectivity index (χ0v) is 12.2. The zero-order chi connectivity index (χ0) is 15.5. The Labute approximate surface area is 117 Å². The molecule has 0 aromatic rings. The van der Waals surface area contributed by atoms with E-state index in [1.807, 2.05) is 0 Å². The van der Waals surface area contributed by atoms with Crippen molar-refractivity contribution in [1.82, 2.24) is 4.90 Å². The number of carbonyl (C=O) groups is 3. The Kier molecular flexibility index (Phi) is 4.86. The monoisotopic (exact) mass is 284 g/mol. The highest BCUT2D eigenvalue weighted by Gasteiger charge is 2.39. The average Bonchev–Trinajstić information content (AvgIpc) is 2.81. The van der Waals surface area contributed by atoms with E-state index in [-0.39, 0.29) is 5.71 Å². The van der Waals surface area contributed by atoms with E-state index in [1.54, 1.807) is 20.8 Å². The minimum Gasteiger partial charge on any atom is -0.467 e. The molecule has 0 spiro atoms. The van der Waals surface area contributed by atoms with Crippen LogP contribution in [0, 0.1) is 5.41 Å². The summed E-state index contributed by atoms with van der Waals surface area (Å²) in [7, 11) is 1.26. The van der Waals surface area contributed by atoms with E-state index in [9.17, 15) is 14.4 Å². The van der Waals surface area contributed by atoms with Crippen LogP contribution in [0.3, 0.4) is 0 Å². The van der Waals surface area contributed by atoms with Gasteiger partial charge in [-0.25, -0.2) is 9.59 Å². The van der Waals surface area contributed by atoms with Crippen molar-refractivity contribution in [2.24, 2.45) is 10.4 Å². The van der Waals surface area contributed by atoms with E-state index in [0.717, 1.165) is 0 Å². The molecule has 7 heteroatoms. The van der Waals surface area contributed by atoms with Crippen LogP contribution in [0.1, 0.15) is 33.6 Å². The number of likely N-dealkylation sites (tertiary alicyclic amines) is 1. The van der Waals surface area contributed by atoms with Crippen LogP contribution in [-0.2, 0) is 14.3 Å². The number of hydrogen-bond donors (Lipinski definition) is 1. The van der Waals surface area contributed by atoms with Gasteiger partial charge in [0.15, 0.2) is 0 Å². The lowest BCUT2D eigenvalue weighted by molar-refractivity contribution is -0.149. The predicted molar refractivity (Wildman–Crippen MR) is 71.7 cm³/mol. The highest BCUT2D eigenvalue weighted by molar-refractivity contribution is 6.42. The number of rotatable bonds is 2. The number of aliphatic imine (C=N–C) groups is 1. The SMILES string of the molecule is COC(=O)C1CCCN1C(=O)/C(=N/C(=O)O)C(C)(C)C. The molecule has 1 aliphatic heterocycles. The van der Waals surface area contributed by atoms with Gasteiger partial charge in [-0.1, -0.05) is 20.8 Å². The van der Waals surface area contributed by atoms with Crippen molar-refractivity contribution in [2.75, 3.05) is 13.7 Å². The lowest BCUT2D eigenvalue weighted by Crippen LogP contribution is -2.47. The average molecular weight is 284 g/mol. The number of hydrogen-bond acceptors (Lipinski definition) is 4. The Balaban J connectivity index is 3.07. The van der Waals surface area contributed by atoms with E-state index in [0.29, 0.717) is 19.4 Å². The Morgan fingerprint density at radius 1 is 1.30 bits per heavy atom. The summed E-state index contributed by atoms with van der Waals surface area (Å²) in [6, 6.07) is -0.658. The van der Waals surface area contributed by atoms with E-state index < -0.39 is 29.4 Å². The van der Waals surface area contributed by atoms with Crippen LogP contribution in [-0.4, -0.2) is 53.4 Å². The first-order valence-corrected chi connectivity index (χ1v) is 6.39. The summed E-state index contributed by atoms with van der Waals surface area (Å²) in [6.07, 6.45) is -0.226. The van der Waals surface area contributed by atoms with Gasteiger partial charge in [0, 0.05) is 12.0 Å². The van der Waals surface area contributed by atoms with Gasteiger partial charge >= 0.3 is 12.1 Å². The lowest BCUT2D eigenvalue weighted by atomic mass is 9.88. The zero-order valence-electron chi connectivity index (χ0n) is 12.2. The Morgan fingerprint density at radius 2 is 1.90 bits per heavy atom. The van der Waals surface area contributed by atoms with Crippen molar-refractivity contribution in [3.05, 3.63) is 0 Å². The molecule has 0 aromatic heterocycles. The summed E-state index contributed by atoms with van der Waals surface area (Å²) in [6.45, 7) is 5.51. The second kappa shape index (κ2) is 6.02. The third kappa shape index (κ3) is 3.55. The molecule has 1 atom stereocenters. The van der Waals surface area contributed by atoms with Gasteiger partial charge in [-0.15, -0.1) is 0 Å². The summed E-state index contributed by atoms with van der Waals surface area (Å²) in [5, 5.41) is 8.81. The molecule has 0 aliphatic carbocycles. The molecule has 1 N–H and O–H groups in total. The standard InChI is InChI=1S/C13H20N2O5/c1-13(2,3)9(14-12(18)19)10(16)15-7-5-6-8(15)11(17)20-4/h8H,5-7H2,1-4H3,(H,18,19)/b14-9-. The maximum atomic E-state index is 12.5. The van der Waals surface area contributed by atoms with Gasteiger partial charge in [-0.3, -0.25) is 4.79 Å². The minimum atomic E-state index is -1.42. The molecule has 7 nitrogen and oxygen atoms in total. The van der Waals surface area contributed by atoms with Crippen LogP contribution in [0.2, 0.25) is 0 Å². The fourth-order valence-corrected chi connectivity index (χ4v) is 2.16. The van der Waals surface area contributed by atoms with Gasteiger partial charge in [0.1, 0.15) is 11.8 Å². The molecule has 2 amide bonds. The van der Waals surface area contributed by atoms with Crippen molar-refractivity contribution in [2.45, 2.75) is 39.7 Å². The molecule has 1 unspecified atom stereocenters. The number of carbonyl (C=O) groups excluding carboxylic acids is 2. The van der Waals surface area contributed by atoms with E-state index >= 15 is 0 Å². The predicted octanol–water partition coefficient (Wildman–Crippen LogP) is 1.32. The summed E-state index contributed by atoms with van der Waals surface area (Å²) < 4.78 is 4.67. The first-order chi connectivity index (χ1) is 9.18. The summed E-state index contributed by atoms with van der Waals surface area (Å²) >= 11 is 0. The highest BCUT2D eigenvalue weighted by atomic mass is 16.5. The van der Waals surface area contributed by atoms with Crippen LogP contribution >= 0.6 is 0 Å². The van der Waals surface area contributed by atoms with Gasteiger partial charge in [-0.05, 0) is 12.8 Å². The second-order valence-electron chi connectivity index (χ2n) is 5.67. The quantitative estimate of drug-likeness (QED) is 0.609. The van der Waals surface area contributed by atoms with Crippen LogP contribution < -0.4 is 0 Å². The first-order valence-electron chi connectivity index (χ1n) is 6.39. The molecule has 1 saturated heterocycles. The molecular formula is C13H20N2O5. The number of amides is 2. The molecule has 1 rings (SSSR count). The Morgan fingerprint density at radius 3 is 2.35 bits per heavy atom.